The van der Waals surface area contributed by atoms with Gasteiger partial charge in [0.15, 0.2) is 5.78 Å². The summed E-state index contributed by atoms with van der Waals surface area (Å²) in [7, 11) is 1.26. The highest BCUT2D eigenvalue weighted by Gasteiger charge is 2.17. The van der Waals surface area contributed by atoms with Crippen LogP contribution in [-0.2, 0) is 4.74 Å². The summed E-state index contributed by atoms with van der Waals surface area (Å²) in [6.07, 6.45) is -0.938. The van der Waals surface area contributed by atoms with Gasteiger partial charge in [-0.3, -0.25) is 4.79 Å². The molecule has 2 N–H and O–H groups in total. The van der Waals surface area contributed by atoms with E-state index in [4.69, 9.17) is 32.7 Å². The van der Waals surface area contributed by atoms with Crippen LogP contribution in [0.3, 0.4) is 0 Å². The predicted molar refractivity (Wildman–Crippen MR) is 124 cm³/mol. The number of carbonyl (C=O) groups is 2. The van der Waals surface area contributed by atoms with Crippen molar-refractivity contribution in [2.45, 2.75) is 6.10 Å². The Morgan fingerprint density at radius 2 is 1.62 bits per heavy atom. The third-order valence-corrected chi connectivity index (χ3v) is 5.04. The molecule has 0 aliphatic rings. The second-order valence-electron chi connectivity index (χ2n) is 6.86. The van der Waals surface area contributed by atoms with Gasteiger partial charge >= 0.3 is 5.97 Å². The van der Waals surface area contributed by atoms with Gasteiger partial charge in [-0.25, -0.2) is 4.79 Å². The Bertz CT molecular complexity index is 1100. The van der Waals surface area contributed by atoms with Crippen molar-refractivity contribution in [3.05, 3.63) is 93.5 Å². The summed E-state index contributed by atoms with van der Waals surface area (Å²) in [5.74, 6) is -0.544. The maximum Gasteiger partial charge on any atom is 0.341 e. The second kappa shape index (κ2) is 11.0. The van der Waals surface area contributed by atoms with E-state index in [0.717, 1.165) is 0 Å². The van der Waals surface area contributed by atoms with Crippen LogP contribution >= 0.6 is 23.2 Å². The third kappa shape index (κ3) is 6.01. The van der Waals surface area contributed by atoms with Crippen LogP contribution in [0.5, 0.6) is 5.75 Å². The van der Waals surface area contributed by atoms with E-state index in [2.05, 4.69) is 5.32 Å². The fraction of sp³-hybridized carbons (Fsp3) is 0.167. The van der Waals surface area contributed by atoms with E-state index in [1.54, 1.807) is 48.5 Å². The van der Waals surface area contributed by atoms with E-state index in [-0.39, 0.29) is 30.2 Å². The highest BCUT2D eigenvalue weighted by Crippen LogP contribution is 2.25. The molecule has 0 amide bonds. The molecule has 0 saturated carbocycles. The average molecular weight is 474 g/mol. The predicted octanol–water partition coefficient (Wildman–Crippen LogP) is 4.86. The number of hydrogen-bond donors (Lipinski definition) is 2. The SMILES string of the molecule is COC(=O)c1cc(Cl)ccc1OCC(O)CNc1ccc(Cl)cc1C(=O)c1ccccc1. The smallest absolute Gasteiger partial charge is 0.341 e. The van der Waals surface area contributed by atoms with Gasteiger partial charge in [-0.2, -0.15) is 0 Å². The molecule has 0 aliphatic heterocycles. The van der Waals surface area contributed by atoms with Crippen molar-refractivity contribution in [3.63, 3.8) is 0 Å². The highest BCUT2D eigenvalue weighted by atomic mass is 35.5. The fourth-order valence-corrected chi connectivity index (χ4v) is 3.32. The van der Waals surface area contributed by atoms with E-state index in [9.17, 15) is 14.7 Å². The van der Waals surface area contributed by atoms with Crippen molar-refractivity contribution in [1.29, 1.82) is 0 Å². The Morgan fingerprint density at radius 3 is 2.31 bits per heavy atom. The molecule has 3 rings (SSSR count). The molecule has 1 atom stereocenters. The van der Waals surface area contributed by atoms with Gasteiger partial charge in [-0.05, 0) is 36.4 Å². The molecule has 3 aromatic rings. The minimum atomic E-state index is -0.938. The van der Waals surface area contributed by atoms with Crippen LogP contribution < -0.4 is 10.1 Å². The first-order valence-corrected chi connectivity index (χ1v) is 10.5. The molecule has 3 aromatic carbocycles. The molecule has 166 valence electrons. The number of aliphatic hydroxyl groups is 1. The maximum absolute atomic E-state index is 12.9. The largest absolute Gasteiger partial charge is 0.490 e. The summed E-state index contributed by atoms with van der Waals surface area (Å²) in [4.78, 5) is 24.8. The monoisotopic (exact) mass is 473 g/mol. The van der Waals surface area contributed by atoms with Crippen LogP contribution in [0.4, 0.5) is 5.69 Å². The van der Waals surface area contributed by atoms with Crippen molar-refractivity contribution in [2.75, 3.05) is 25.6 Å². The summed E-state index contributed by atoms with van der Waals surface area (Å²) in [5, 5.41) is 14.2. The van der Waals surface area contributed by atoms with E-state index >= 15 is 0 Å². The van der Waals surface area contributed by atoms with Gasteiger partial charge in [-0.1, -0.05) is 53.5 Å². The van der Waals surface area contributed by atoms with Crippen molar-refractivity contribution in [2.24, 2.45) is 0 Å². The van der Waals surface area contributed by atoms with Crippen molar-refractivity contribution < 1.29 is 24.2 Å². The van der Waals surface area contributed by atoms with Crippen molar-refractivity contribution in [3.8, 4) is 5.75 Å². The summed E-state index contributed by atoms with van der Waals surface area (Å²) < 4.78 is 10.3. The first-order chi connectivity index (χ1) is 15.4. The molecule has 0 bridgehead atoms. The minimum Gasteiger partial charge on any atom is -0.490 e. The van der Waals surface area contributed by atoms with E-state index in [1.807, 2.05) is 6.07 Å². The molecule has 0 radical (unpaired) electrons. The maximum atomic E-state index is 12.9. The molecular weight excluding hydrogens is 453 g/mol. The highest BCUT2D eigenvalue weighted by molar-refractivity contribution is 6.31. The second-order valence-corrected chi connectivity index (χ2v) is 7.74. The molecule has 0 aromatic heterocycles. The zero-order valence-corrected chi connectivity index (χ0v) is 18.7. The summed E-state index contributed by atoms with van der Waals surface area (Å²) in [6.45, 7) is -0.00791. The quantitative estimate of drug-likeness (QED) is 0.340. The van der Waals surface area contributed by atoms with Crippen molar-refractivity contribution in [1.82, 2.24) is 0 Å². The number of methoxy groups -OCH3 is 1. The fourth-order valence-electron chi connectivity index (χ4n) is 2.97. The van der Waals surface area contributed by atoms with Crippen LogP contribution in [0.1, 0.15) is 26.3 Å². The van der Waals surface area contributed by atoms with E-state index in [1.165, 1.54) is 19.2 Å². The van der Waals surface area contributed by atoms with Crippen LogP contribution in [-0.4, -0.2) is 43.2 Å². The number of anilines is 1. The average Bonchev–Trinajstić information content (AvgIpc) is 2.81. The van der Waals surface area contributed by atoms with Crippen LogP contribution in [0, 0.1) is 0 Å². The zero-order valence-electron chi connectivity index (χ0n) is 17.2. The topological polar surface area (TPSA) is 84.9 Å². The van der Waals surface area contributed by atoms with Gasteiger partial charge in [0.25, 0.3) is 0 Å². The van der Waals surface area contributed by atoms with Crippen LogP contribution in [0.15, 0.2) is 66.7 Å². The molecule has 0 saturated heterocycles. The number of halogens is 2. The van der Waals surface area contributed by atoms with Gasteiger partial charge < -0.3 is 19.9 Å². The standard InChI is InChI=1S/C24H21Cl2NO5/c1-31-24(30)20-12-17(26)8-10-22(20)32-14-18(28)13-27-21-9-7-16(25)11-19(21)23(29)15-5-3-2-4-6-15/h2-12,18,27-28H,13-14H2,1H3. The number of aliphatic hydroxyl groups excluding tert-OH is 1. The molecule has 1 unspecified atom stereocenters. The first kappa shape index (κ1) is 23.6. The molecule has 0 aliphatic carbocycles. The van der Waals surface area contributed by atoms with Gasteiger partial charge in [-0.15, -0.1) is 0 Å². The lowest BCUT2D eigenvalue weighted by Crippen LogP contribution is -2.27. The van der Waals surface area contributed by atoms with E-state index < -0.39 is 12.1 Å². The molecule has 32 heavy (non-hydrogen) atoms. The van der Waals surface area contributed by atoms with E-state index in [0.29, 0.717) is 26.9 Å². The summed E-state index contributed by atoms with van der Waals surface area (Å²) in [5.41, 5.74) is 1.61. The molecular formula is C24H21Cl2NO5. The van der Waals surface area contributed by atoms with Gasteiger partial charge in [0, 0.05) is 33.4 Å². The first-order valence-electron chi connectivity index (χ1n) is 9.71. The lowest BCUT2D eigenvalue weighted by Gasteiger charge is -2.17. The number of nitrogens with one attached hydrogen (secondary N) is 1. The molecule has 0 heterocycles. The van der Waals surface area contributed by atoms with Gasteiger partial charge in [0.2, 0.25) is 0 Å². The number of ether oxygens (including phenoxy) is 2. The Hall–Kier alpha value is -3.06. The number of carbonyl (C=O) groups excluding carboxylic acids is 2. The third-order valence-electron chi connectivity index (χ3n) is 4.57. The molecule has 0 fully saturated rings. The number of benzene rings is 3. The Kier molecular flexibility index (Phi) is 8.11. The lowest BCUT2D eigenvalue weighted by molar-refractivity contribution is 0.0590. The molecule has 6 nitrogen and oxygen atoms in total. The lowest BCUT2D eigenvalue weighted by atomic mass is 10.0. The number of esters is 1. The van der Waals surface area contributed by atoms with Gasteiger partial charge in [0.05, 0.1) is 7.11 Å². The number of hydrogen-bond acceptors (Lipinski definition) is 6. The number of rotatable bonds is 9. The zero-order chi connectivity index (χ0) is 23.1. The molecule has 8 heteroatoms. The summed E-state index contributed by atoms with van der Waals surface area (Å²) in [6, 6.07) is 18.3. The Balaban J connectivity index is 1.67. The van der Waals surface area contributed by atoms with Crippen LogP contribution in [0.2, 0.25) is 10.0 Å². The summed E-state index contributed by atoms with van der Waals surface area (Å²) >= 11 is 12.0. The van der Waals surface area contributed by atoms with Gasteiger partial charge in [0.1, 0.15) is 24.0 Å². The molecule has 0 spiro atoms. The normalized spacial score (nSPS) is 11.5. The van der Waals surface area contributed by atoms with Crippen molar-refractivity contribution >= 4 is 40.6 Å². The number of ketones is 1. The minimum absolute atomic E-state index is 0.0951. The van der Waals surface area contributed by atoms with Crippen LogP contribution in [0.25, 0.3) is 0 Å². The Morgan fingerprint density at radius 1 is 0.969 bits per heavy atom. The Labute approximate surface area is 195 Å².